The molecule has 1 fully saturated rings. The van der Waals surface area contributed by atoms with E-state index in [0.717, 1.165) is 55.3 Å². The van der Waals surface area contributed by atoms with E-state index in [1.54, 1.807) is 12.1 Å². The van der Waals surface area contributed by atoms with E-state index in [0.29, 0.717) is 25.4 Å². The summed E-state index contributed by atoms with van der Waals surface area (Å²) >= 11 is 0. The molecule has 5 rings (SSSR count). The summed E-state index contributed by atoms with van der Waals surface area (Å²) < 4.78 is 21.5. The number of ether oxygens (including phenoxy) is 1. The second kappa shape index (κ2) is 9.25. The molecule has 1 aromatic heterocycles. The number of amides is 1. The maximum atomic E-state index is 13.7. The molecule has 1 saturated heterocycles. The number of halogens is 1. The second-order valence-electron chi connectivity index (χ2n) is 8.67. The molecule has 0 N–H and O–H groups in total. The van der Waals surface area contributed by atoms with Crippen LogP contribution in [0.3, 0.4) is 0 Å². The van der Waals surface area contributed by atoms with Crippen molar-refractivity contribution in [3.05, 3.63) is 77.6 Å². The minimum atomic E-state index is -0.206. The number of hydrogen-bond acceptors (Lipinski definition) is 4. The molecule has 2 aromatic carbocycles. The zero-order valence-corrected chi connectivity index (χ0v) is 18.9. The number of rotatable bonds is 5. The number of anilines is 1. The van der Waals surface area contributed by atoms with Crippen molar-refractivity contribution >= 4 is 11.6 Å². The molecule has 0 radical (unpaired) electrons. The van der Waals surface area contributed by atoms with Crippen molar-refractivity contribution in [2.24, 2.45) is 0 Å². The molecule has 3 aromatic rings. The molecule has 2 aliphatic rings. The van der Waals surface area contributed by atoms with E-state index in [1.165, 1.54) is 6.07 Å². The number of benzene rings is 2. The normalized spacial score (nSPS) is 18.2. The molecular formula is C26H29FN4O2. The highest BCUT2D eigenvalue weighted by Gasteiger charge is 2.28. The van der Waals surface area contributed by atoms with Crippen molar-refractivity contribution < 1.29 is 13.9 Å². The van der Waals surface area contributed by atoms with Gasteiger partial charge in [-0.3, -0.25) is 4.79 Å². The first-order valence-electron chi connectivity index (χ1n) is 11.7. The third-order valence-corrected chi connectivity index (χ3v) is 6.60. The van der Waals surface area contributed by atoms with Crippen LogP contribution in [-0.4, -0.2) is 53.1 Å². The Morgan fingerprint density at radius 1 is 1.12 bits per heavy atom. The van der Waals surface area contributed by atoms with Gasteiger partial charge in [-0.1, -0.05) is 24.3 Å². The summed E-state index contributed by atoms with van der Waals surface area (Å²) in [7, 11) is 0. The minimum absolute atomic E-state index is 0.0167. The predicted molar refractivity (Wildman–Crippen MR) is 125 cm³/mol. The number of aromatic nitrogens is 2. The summed E-state index contributed by atoms with van der Waals surface area (Å²) in [5.74, 6) is 1.84. The van der Waals surface area contributed by atoms with Crippen LogP contribution >= 0.6 is 0 Å². The van der Waals surface area contributed by atoms with E-state index < -0.39 is 0 Å². The quantitative estimate of drug-likeness (QED) is 0.589. The van der Waals surface area contributed by atoms with E-state index in [9.17, 15) is 9.18 Å². The first-order valence-corrected chi connectivity index (χ1v) is 11.7. The van der Waals surface area contributed by atoms with Crippen LogP contribution in [0.2, 0.25) is 0 Å². The Morgan fingerprint density at radius 2 is 1.94 bits per heavy atom. The van der Waals surface area contributed by atoms with E-state index in [-0.39, 0.29) is 17.6 Å². The second-order valence-corrected chi connectivity index (χ2v) is 8.67. The van der Waals surface area contributed by atoms with Gasteiger partial charge in [-0.05, 0) is 43.2 Å². The van der Waals surface area contributed by atoms with Crippen LogP contribution in [0, 0.1) is 5.82 Å². The standard InChI is InChI=1S/C26H29FN4O2/c1-2-33-24-9-4-3-8-23(24)29-12-14-30(15-13-29)26(32)22-18-31-17-20(10-11-25(31)28-22)19-6-5-7-21(27)16-19/h3-9,16,18,20H,2,10-15,17H2,1H3. The van der Waals surface area contributed by atoms with Crippen LogP contribution in [0.15, 0.2) is 54.7 Å². The predicted octanol–water partition coefficient (Wildman–Crippen LogP) is 4.11. The molecular weight excluding hydrogens is 419 g/mol. The molecule has 1 amide bonds. The summed E-state index contributed by atoms with van der Waals surface area (Å²) in [6, 6.07) is 14.9. The molecule has 1 atom stereocenters. The lowest BCUT2D eigenvalue weighted by molar-refractivity contribution is 0.0741. The summed E-state index contributed by atoms with van der Waals surface area (Å²) in [6.07, 6.45) is 3.57. The molecule has 172 valence electrons. The molecule has 0 bridgehead atoms. The Hall–Kier alpha value is -3.35. The number of hydrogen-bond donors (Lipinski definition) is 0. The lowest BCUT2D eigenvalue weighted by Gasteiger charge is -2.36. The smallest absolute Gasteiger partial charge is 0.274 e. The van der Waals surface area contributed by atoms with E-state index in [4.69, 9.17) is 4.74 Å². The lowest BCUT2D eigenvalue weighted by atomic mass is 9.91. The number of carbonyl (C=O) groups is 1. The first-order chi connectivity index (χ1) is 16.1. The third-order valence-electron chi connectivity index (χ3n) is 6.60. The fourth-order valence-corrected chi connectivity index (χ4v) is 4.89. The summed E-state index contributed by atoms with van der Waals surface area (Å²) in [5, 5.41) is 0. The maximum absolute atomic E-state index is 13.7. The minimum Gasteiger partial charge on any atom is -0.492 e. The monoisotopic (exact) mass is 448 g/mol. The summed E-state index contributed by atoms with van der Waals surface area (Å²) in [5.41, 5.74) is 2.59. The van der Waals surface area contributed by atoms with Gasteiger partial charge in [0.25, 0.3) is 5.91 Å². The summed E-state index contributed by atoms with van der Waals surface area (Å²) in [6.45, 7) is 6.14. The largest absolute Gasteiger partial charge is 0.492 e. The van der Waals surface area contributed by atoms with Crippen molar-refractivity contribution in [1.29, 1.82) is 0 Å². The summed E-state index contributed by atoms with van der Waals surface area (Å²) in [4.78, 5) is 22.0. The van der Waals surface area contributed by atoms with Gasteiger partial charge in [-0.25, -0.2) is 9.37 Å². The Morgan fingerprint density at radius 3 is 2.73 bits per heavy atom. The number of carbonyl (C=O) groups excluding carboxylic acids is 1. The number of imidazole rings is 1. The van der Waals surface area contributed by atoms with Crippen LogP contribution in [0.5, 0.6) is 5.75 Å². The van der Waals surface area contributed by atoms with Gasteiger partial charge in [-0.15, -0.1) is 0 Å². The van der Waals surface area contributed by atoms with Gasteiger partial charge in [0.2, 0.25) is 0 Å². The van der Waals surface area contributed by atoms with Crippen molar-refractivity contribution in [3.8, 4) is 5.75 Å². The van der Waals surface area contributed by atoms with Crippen molar-refractivity contribution in [2.75, 3.05) is 37.7 Å². The first kappa shape index (κ1) is 21.5. The van der Waals surface area contributed by atoms with E-state index >= 15 is 0 Å². The molecule has 3 heterocycles. The van der Waals surface area contributed by atoms with Crippen LogP contribution < -0.4 is 9.64 Å². The highest BCUT2D eigenvalue weighted by Crippen LogP contribution is 2.31. The SMILES string of the molecule is CCOc1ccccc1N1CCN(C(=O)c2cn3c(n2)CCC(c2cccc(F)c2)C3)CC1. The fourth-order valence-electron chi connectivity index (χ4n) is 4.89. The average Bonchev–Trinajstić information content (AvgIpc) is 3.28. The number of para-hydroxylation sites is 2. The molecule has 0 aliphatic carbocycles. The van der Waals surface area contributed by atoms with Gasteiger partial charge in [0.1, 0.15) is 23.1 Å². The van der Waals surface area contributed by atoms with Gasteiger partial charge in [0, 0.05) is 51.3 Å². The van der Waals surface area contributed by atoms with Crippen LogP contribution in [-0.2, 0) is 13.0 Å². The highest BCUT2D eigenvalue weighted by molar-refractivity contribution is 5.92. The molecule has 0 spiro atoms. The number of piperazine rings is 1. The average molecular weight is 449 g/mol. The topological polar surface area (TPSA) is 50.6 Å². The lowest BCUT2D eigenvalue weighted by Crippen LogP contribution is -2.49. The molecule has 2 aliphatic heterocycles. The Labute approximate surface area is 193 Å². The number of nitrogens with zero attached hydrogens (tertiary/aromatic N) is 4. The molecule has 6 nitrogen and oxygen atoms in total. The molecule has 1 unspecified atom stereocenters. The van der Waals surface area contributed by atoms with Gasteiger partial charge in [0.15, 0.2) is 0 Å². The van der Waals surface area contributed by atoms with Crippen LogP contribution in [0.25, 0.3) is 0 Å². The Bertz CT molecular complexity index is 1140. The van der Waals surface area contributed by atoms with Gasteiger partial charge >= 0.3 is 0 Å². The van der Waals surface area contributed by atoms with Crippen LogP contribution in [0.1, 0.15) is 41.1 Å². The Balaban J connectivity index is 1.24. The van der Waals surface area contributed by atoms with E-state index in [2.05, 4.69) is 20.5 Å². The maximum Gasteiger partial charge on any atom is 0.274 e. The number of aryl methyl sites for hydroxylation is 1. The van der Waals surface area contributed by atoms with Gasteiger partial charge < -0.3 is 19.1 Å². The van der Waals surface area contributed by atoms with E-state index in [1.807, 2.05) is 42.3 Å². The molecule has 33 heavy (non-hydrogen) atoms. The van der Waals surface area contributed by atoms with Gasteiger partial charge in [0.05, 0.1) is 12.3 Å². The number of fused-ring (bicyclic) bond motifs is 1. The Kier molecular flexibility index (Phi) is 6.03. The zero-order valence-electron chi connectivity index (χ0n) is 18.9. The highest BCUT2D eigenvalue weighted by atomic mass is 19.1. The fraction of sp³-hybridized carbons (Fsp3) is 0.385. The van der Waals surface area contributed by atoms with Crippen LogP contribution in [0.4, 0.5) is 10.1 Å². The van der Waals surface area contributed by atoms with Crippen molar-refractivity contribution in [1.82, 2.24) is 14.5 Å². The van der Waals surface area contributed by atoms with Crippen molar-refractivity contribution in [2.45, 2.75) is 32.2 Å². The molecule has 0 saturated carbocycles. The van der Waals surface area contributed by atoms with Crippen molar-refractivity contribution in [3.63, 3.8) is 0 Å². The zero-order chi connectivity index (χ0) is 22.8. The van der Waals surface area contributed by atoms with Gasteiger partial charge in [-0.2, -0.15) is 0 Å². The molecule has 7 heteroatoms. The third kappa shape index (κ3) is 4.45.